The van der Waals surface area contributed by atoms with E-state index >= 15 is 0 Å². The van der Waals surface area contributed by atoms with Crippen LogP contribution in [-0.2, 0) is 4.74 Å². The fourth-order valence-corrected chi connectivity index (χ4v) is 3.12. The normalized spacial score (nSPS) is 22.4. The molecule has 18 heavy (non-hydrogen) atoms. The van der Waals surface area contributed by atoms with Crippen LogP contribution in [0.2, 0.25) is 0 Å². The van der Waals surface area contributed by atoms with Gasteiger partial charge in [0.1, 0.15) is 5.82 Å². The summed E-state index contributed by atoms with van der Waals surface area (Å²) in [7, 11) is 1.91. The molecule has 2 fully saturated rings. The van der Waals surface area contributed by atoms with Gasteiger partial charge >= 0.3 is 0 Å². The van der Waals surface area contributed by atoms with E-state index in [-0.39, 0.29) is 0 Å². The molecule has 2 saturated heterocycles. The van der Waals surface area contributed by atoms with Gasteiger partial charge in [-0.3, -0.25) is 0 Å². The Kier molecular flexibility index (Phi) is 3.12. The van der Waals surface area contributed by atoms with Gasteiger partial charge in [0.2, 0.25) is 0 Å². The molecule has 1 aromatic rings. The molecule has 4 heteroatoms. The minimum absolute atomic E-state index is 0.501. The topological polar surface area (TPSA) is 37.4 Å². The molecular weight excluding hydrogens is 226 g/mol. The molecule has 4 nitrogen and oxygen atoms in total. The van der Waals surface area contributed by atoms with Crippen molar-refractivity contribution in [3.63, 3.8) is 0 Å². The standard InChI is InChI=1S/C14H21N3O/c1-15-13-10-12(2-6-16-13)17-7-3-14(11-17)4-8-18-9-5-14/h2,6,10H,3-5,7-9,11H2,1H3,(H,15,16). The maximum Gasteiger partial charge on any atom is 0.127 e. The van der Waals surface area contributed by atoms with Crippen LogP contribution < -0.4 is 10.2 Å². The lowest BCUT2D eigenvalue weighted by molar-refractivity contribution is 0.0254. The number of hydrogen-bond donors (Lipinski definition) is 1. The molecule has 1 aromatic heterocycles. The van der Waals surface area contributed by atoms with Crippen LogP contribution in [0.1, 0.15) is 19.3 Å². The second-order valence-electron chi connectivity index (χ2n) is 5.43. The minimum atomic E-state index is 0.501. The zero-order valence-electron chi connectivity index (χ0n) is 11.0. The van der Waals surface area contributed by atoms with Gasteiger partial charge in [-0.1, -0.05) is 0 Å². The number of ether oxygens (including phenoxy) is 1. The maximum absolute atomic E-state index is 5.50. The Balaban J connectivity index is 1.74. The van der Waals surface area contributed by atoms with Crippen molar-refractivity contribution in [3.8, 4) is 0 Å². The number of aromatic nitrogens is 1. The van der Waals surface area contributed by atoms with E-state index in [1.165, 1.54) is 31.5 Å². The zero-order valence-corrected chi connectivity index (χ0v) is 11.0. The van der Waals surface area contributed by atoms with E-state index in [4.69, 9.17) is 4.74 Å². The predicted molar refractivity (Wildman–Crippen MR) is 73.1 cm³/mol. The Morgan fingerprint density at radius 2 is 2.17 bits per heavy atom. The number of anilines is 2. The van der Waals surface area contributed by atoms with Crippen molar-refractivity contribution < 1.29 is 4.74 Å². The summed E-state index contributed by atoms with van der Waals surface area (Å²) >= 11 is 0. The molecule has 0 unspecified atom stereocenters. The highest BCUT2D eigenvalue weighted by molar-refractivity contribution is 5.54. The van der Waals surface area contributed by atoms with Gasteiger partial charge < -0.3 is 15.0 Å². The van der Waals surface area contributed by atoms with Gasteiger partial charge in [0.15, 0.2) is 0 Å². The molecule has 1 N–H and O–H groups in total. The van der Waals surface area contributed by atoms with E-state index in [0.717, 1.165) is 25.6 Å². The van der Waals surface area contributed by atoms with E-state index in [1.54, 1.807) is 0 Å². The third-order valence-electron chi connectivity index (χ3n) is 4.36. The number of nitrogens with zero attached hydrogens (tertiary/aromatic N) is 2. The van der Waals surface area contributed by atoms with Gasteiger partial charge in [-0.2, -0.15) is 0 Å². The van der Waals surface area contributed by atoms with Gasteiger partial charge in [-0.15, -0.1) is 0 Å². The molecule has 0 aliphatic carbocycles. The van der Waals surface area contributed by atoms with Gasteiger partial charge in [-0.25, -0.2) is 4.98 Å². The molecule has 3 rings (SSSR count). The summed E-state index contributed by atoms with van der Waals surface area (Å²) in [4.78, 5) is 6.77. The van der Waals surface area contributed by atoms with Crippen molar-refractivity contribution >= 4 is 11.5 Å². The van der Waals surface area contributed by atoms with Crippen molar-refractivity contribution in [2.75, 3.05) is 43.6 Å². The molecule has 0 radical (unpaired) electrons. The van der Waals surface area contributed by atoms with Crippen LogP contribution in [0.4, 0.5) is 11.5 Å². The lowest BCUT2D eigenvalue weighted by atomic mass is 9.80. The van der Waals surface area contributed by atoms with Gasteiger partial charge in [0.05, 0.1) is 0 Å². The summed E-state index contributed by atoms with van der Waals surface area (Å²) in [5.74, 6) is 0.945. The maximum atomic E-state index is 5.50. The van der Waals surface area contributed by atoms with Crippen molar-refractivity contribution in [1.29, 1.82) is 0 Å². The monoisotopic (exact) mass is 247 g/mol. The van der Waals surface area contributed by atoms with Crippen molar-refractivity contribution in [2.45, 2.75) is 19.3 Å². The second-order valence-corrected chi connectivity index (χ2v) is 5.43. The molecule has 0 atom stereocenters. The zero-order chi connectivity index (χ0) is 12.4. The molecule has 0 amide bonds. The molecule has 0 bridgehead atoms. The fourth-order valence-electron chi connectivity index (χ4n) is 3.12. The molecule has 3 heterocycles. The van der Waals surface area contributed by atoms with Crippen LogP contribution in [0.15, 0.2) is 18.3 Å². The third kappa shape index (κ3) is 2.17. The van der Waals surface area contributed by atoms with Crippen LogP contribution >= 0.6 is 0 Å². The highest BCUT2D eigenvalue weighted by Gasteiger charge is 2.39. The first-order valence-corrected chi connectivity index (χ1v) is 6.78. The summed E-state index contributed by atoms with van der Waals surface area (Å²) in [6.07, 6.45) is 5.62. The molecular formula is C14H21N3O. The SMILES string of the molecule is CNc1cc(N2CCC3(CCOCC3)C2)ccn1. The number of nitrogens with one attached hydrogen (secondary N) is 1. The molecule has 0 aromatic carbocycles. The average Bonchev–Trinajstić information content (AvgIpc) is 2.83. The minimum Gasteiger partial charge on any atom is -0.381 e. The van der Waals surface area contributed by atoms with Crippen molar-refractivity contribution in [1.82, 2.24) is 4.98 Å². The van der Waals surface area contributed by atoms with E-state index in [9.17, 15) is 0 Å². The summed E-state index contributed by atoms with van der Waals surface area (Å²) in [5, 5.41) is 3.10. The first-order chi connectivity index (χ1) is 8.81. The molecule has 98 valence electrons. The van der Waals surface area contributed by atoms with Crippen LogP contribution in [0.25, 0.3) is 0 Å². The van der Waals surface area contributed by atoms with Gasteiger partial charge in [0.25, 0.3) is 0 Å². The van der Waals surface area contributed by atoms with E-state index in [1.807, 2.05) is 13.2 Å². The van der Waals surface area contributed by atoms with E-state index in [0.29, 0.717) is 5.41 Å². The highest BCUT2D eigenvalue weighted by Crippen LogP contribution is 2.41. The Labute approximate surface area is 108 Å². The number of rotatable bonds is 2. The average molecular weight is 247 g/mol. The Morgan fingerprint density at radius 1 is 1.33 bits per heavy atom. The first-order valence-electron chi connectivity index (χ1n) is 6.78. The van der Waals surface area contributed by atoms with Gasteiger partial charge in [-0.05, 0) is 30.7 Å². The summed E-state index contributed by atoms with van der Waals surface area (Å²) in [6.45, 7) is 4.20. The predicted octanol–water partition coefficient (Wildman–Crippen LogP) is 2.13. The second kappa shape index (κ2) is 4.76. The van der Waals surface area contributed by atoms with Crippen LogP contribution in [0.5, 0.6) is 0 Å². The van der Waals surface area contributed by atoms with Crippen LogP contribution in [-0.4, -0.2) is 38.3 Å². The summed E-state index contributed by atoms with van der Waals surface area (Å²) in [6, 6.07) is 4.25. The van der Waals surface area contributed by atoms with E-state index in [2.05, 4.69) is 27.3 Å². The fraction of sp³-hybridized carbons (Fsp3) is 0.643. The molecule has 0 saturated carbocycles. The first kappa shape index (κ1) is 11.8. The van der Waals surface area contributed by atoms with Crippen LogP contribution in [0, 0.1) is 5.41 Å². The highest BCUT2D eigenvalue weighted by atomic mass is 16.5. The number of hydrogen-bond acceptors (Lipinski definition) is 4. The molecule has 1 spiro atoms. The quantitative estimate of drug-likeness (QED) is 0.868. The summed E-state index contributed by atoms with van der Waals surface area (Å²) in [5.41, 5.74) is 1.79. The largest absolute Gasteiger partial charge is 0.381 e. The smallest absolute Gasteiger partial charge is 0.127 e. The van der Waals surface area contributed by atoms with Crippen molar-refractivity contribution in [2.24, 2.45) is 5.41 Å². The number of pyridine rings is 1. The van der Waals surface area contributed by atoms with Gasteiger partial charge in [0, 0.05) is 51.3 Å². The van der Waals surface area contributed by atoms with E-state index < -0.39 is 0 Å². The Bertz CT molecular complexity index is 415. The van der Waals surface area contributed by atoms with Crippen LogP contribution in [0.3, 0.4) is 0 Å². The molecule has 2 aliphatic rings. The Morgan fingerprint density at radius 3 is 2.94 bits per heavy atom. The lowest BCUT2D eigenvalue weighted by Gasteiger charge is -2.33. The Hall–Kier alpha value is -1.29. The lowest BCUT2D eigenvalue weighted by Crippen LogP contribution is -2.33. The van der Waals surface area contributed by atoms with Crippen molar-refractivity contribution in [3.05, 3.63) is 18.3 Å². The summed E-state index contributed by atoms with van der Waals surface area (Å²) < 4.78 is 5.50. The third-order valence-corrected chi connectivity index (χ3v) is 4.36. The molecule has 2 aliphatic heterocycles.